The van der Waals surface area contributed by atoms with Crippen LogP contribution < -0.4 is 20.5 Å². The maximum absolute atomic E-state index is 13.2. The number of hydrazone groups is 1. The van der Waals surface area contributed by atoms with Crippen molar-refractivity contribution in [3.8, 4) is 11.5 Å². The Morgan fingerprint density at radius 2 is 2.00 bits per heavy atom. The van der Waals surface area contributed by atoms with Crippen LogP contribution in [-0.2, 0) is 24.2 Å². The molecule has 5 rings (SSSR count). The number of methoxy groups -OCH3 is 1. The average molecular weight is 517 g/mol. The Morgan fingerprint density at radius 1 is 1.19 bits per heavy atom. The second-order valence-corrected chi connectivity index (χ2v) is 10.0. The highest BCUT2D eigenvalue weighted by atomic mass is 32.1. The summed E-state index contributed by atoms with van der Waals surface area (Å²) in [6.07, 6.45) is 7.07. The van der Waals surface area contributed by atoms with Gasteiger partial charge in [-0.3, -0.25) is 14.2 Å². The molecule has 9 heteroatoms. The third-order valence-corrected chi connectivity index (χ3v) is 7.71. The van der Waals surface area contributed by atoms with E-state index in [1.165, 1.54) is 22.0 Å². The van der Waals surface area contributed by atoms with Gasteiger partial charge in [-0.05, 0) is 67.5 Å². The fourth-order valence-corrected chi connectivity index (χ4v) is 5.66. The zero-order chi connectivity index (χ0) is 25.8. The maximum Gasteiger partial charge on any atom is 0.263 e. The van der Waals surface area contributed by atoms with Gasteiger partial charge in [0.2, 0.25) is 0 Å². The summed E-state index contributed by atoms with van der Waals surface area (Å²) < 4.78 is 12.7. The molecular weight excluding hydrogens is 488 g/mol. The number of benzene rings is 2. The molecule has 1 aliphatic carbocycles. The summed E-state index contributed by atoms with van der Waals surface area (Å²) in [7, 11) is 1.57. The van der Waals surface area contributed by atoms with Gasteiger partial charge in [0.1, 0.15) is 17.5 Å². The molecule has 8 nitrogen and oxygen atoms in total. The summed E-state index contributed by atoms with van der Waals surface area (Å²) in [4.78, 5) is 32.5. The SMILES string of the molecule is COc1cc(/C=N\NC(=O)[C@@H](C)n2cnc3sc4c(c3c2=O)CCCC4)ccc1OCc1ccccc1. The quantitative estimate of drug-likeness (QED) is 0.272. The lowest BCUT2D eigenvalue weighted by atomic mass is 9.97. The van der Waals surface area contributed by atoms with Gasteiger partial charge in [0.05, 0.1) is 25.0 Å². The van der Waals surface area contributed by atoms with Crippen LogP contribution >= 0.6 is 11.3 Å². The number of fused-ring (bicyclic) bond motifs is 3. The number of nitrogens with one attached hydrogen (secondary N) is 1. The molecule has 1 aliphatic rings. The van der Waals surface area contributed by atoms with Crippen LogP contribution in [0.3, 0.4) is 0 Å². The van der Waals surface area contributed by atoms with Crippen molar-refractivity contribution in [3.63, 3.8) is 0 Å². The number of carbonyl (C=O) groups excluding carboxylic acids is 1. The van der Waals surface area contributed by atoms with Crippen molar-refractivity contribution >= 4 is 33.7 Å². The first kappa shape index (κ1) is 24.7. The minimum atomic E-state index is -0.760. The normalized spacial score (nSPS) is 13.9. The number of nitrogens with zero attached hydrogens (tertiary/aromatic N) is 3. The molecule has 1 amide bonds. The highest BCUT2D eigenvalue weighted by molar-refractivity contribution is 7.18. The van der Waals surface area contributed by atoms with Crippen LogP contribution in [0.15, 0.2) is 64.8 Å². The molecule has 2 heterocycles. The number of carbonyl (C=O) groups is 1. The fourth-order valence-electron chi connectivity index (χ4n) is 4.44. The minimum Gasteiger partial charge on any atom is -0.493 e. The van der Waals surface area contributed by atoms with Gasteiger partial charge in [-0.2, -0.15) is 5.10 Å². The Kier molecular flexibility index (Phi) is 7.32. The molecule has 0 spiro atoms. The van der Waals surface area contributed by atoms with Crippen LogP contribution in [0.4, 0.5) is 0 Å². The highest BCUT2D eigenvalue weighted by Gasteiger charge is 2.23. The summed E-state index contributed by atoms with van der Waals surface area (Å²) in [5.74, 6) is 0.766. The summed E-state index contributed by atoms with van der Waals surface area (Å²) in [5, 5.41) is 4.74. The molecule has 0 unspecified atom stereocenters. The van der Waals surface area contributed by atoms with E-state index in [9.17, 15) is 9.59 Å². The molecule has 2 aromatic carbocycles. The van der Waals surface area contributed by atoms with Crippen molar-refractivity contribution in [2.75, 3.05) is 7.11 Å². The van der Waals surface area contributed by atoms with Crippen LogP contribution in [0.1, 0.15) is 47.4 Å². The van der Waals surface area contributed by atoms with Crippen molar-refractivity contribution in [1.82, 2.24) is 15.0 Å². The van der Waals surface area contributed by atoms with Crippen LogP contribution in [0.5, 0.6) is 11.5 Å². The number of rotatable bonds is 8. The van der Waals surface area contributed by atoms with Gasteiger partial charge in [-0.1, -0.05) is 30.3 Å². The van der Waals surface area contributed by atoms with E-state index in [1.807, 2.05) is 36.4 Å². The Balaban J connectivity index is 1.25. The molecule has 0 fully saturated rings. The first-order valence-electron chi connectivity index (χ1n) is 12.2. The van der Waals surface area contributed by atoms with Crippen LogP contribution in [0.2, 0.25) is 0 Å². The number of aromatic nitrogens is 2. The average Bonchev–Trinajstić information content (AvgIpc) is 3.32. The second-order valence-electron chi connectivity index (χ2n) is 8.94. The molecule has 4 aromatic rings. The first-order valence-corrected chi connectivity index (χ1v) is 13.1. The third kappa shape index (κ3) is 5.27. The number of thiophene rings is 1. The third-order valence-electron chi connectivity index (χ3n) is 6.51. The number of amides is 1. The van der Waals surface area contributed by atoms with Crippen LogP contribution in [0.25, 0.3) is 10.2 Å². The van der Waals surface area contributed by atoms with Gasteiger partial charge < -0.3 is 9.47 Å². The summed E-state index contributed by atoms with van der Waals surface area (Å²) in [6, 6.07) is 14.5. The fraction of sp³-hybridized carbons (Fsp3) is 0.286. The molecule has 0 bridgehead atoms. The van der Waals surface area contributed by atoms with E-state index in [0.29, 0.717) is 23.5 Å². The molecule has 190 valence electrons. The highest BCUT2D eigenvalue weighted by Crippen LogP contribution is 2.33. The predicted molar refractivity (Wildman–Crippen MR) is 145 cm³/mol. The van der Waals surface area contributed by atoms with Gasteiger partial charge >= 0.3 is 0 Å². The molecule has 1 atom stereocenters. The Bertz CT molecular complexity index is 1510. The molecular formula is C28H28N4O4S. The van der Waals surface area contributed by atoms with Gasteiger partial charge in [-0.15, -0.1) is 11.3 Å². The summed E-state index contributed by atoms with van der Waals surface area (Å²) in [6.45, 7) is 2.09. The molecule has 0 saturated carbocycles. The molecule has 2 aromatic heterocycles. The van der Waals surface area contributed by atoms with Crippen molar-refractivity contribution in [1.29, 1.82) is 0 Å². The van der Waals surface area contributed by atoms with Crippen molar-refractivity contribution in [2.45, 2.75) is 45.3 Å². The Morgan fingerprint density at radius 3 is 2.81 bits per heavy atom. The van der Waals surface area contributed by atoms with Crippen molar-refractivity contribution < 1.29 is 14.3 Å². The van der Waals surface area contributed by atoms with E-state index in [0.717, 1.165) is 47.2 Å². The largest absolute Gasteiger partial charge is 0.493 e. The lowest BCUT2D eigenvalue weighted by molar-refractivity contribution is -0.123. The van der Waals surface area contributed by atoms with Crippen molar-refractivity contribution in [3.05, 3.63) is 86.8 Å². The van der Waals surface area contributed by atoms with Gasteiger partial charge in [-0.25, -0.2) is 10.4 Å². The van der Waals surface area contributed by atoms with E-state index < -0.39 is 11.9 Å². The zero-order valence-corrected chi connectivity index (χ0v) is 21.6. The topological polar surface area (TPSA) is 94.8 Å². The molecule has 37 heavy (non-hydrogen) atoms. The zero-order valence-electron chi connectivity index (χ0n) is 20.8. The Labute approximate surface area is 218 Å². The van der Waals surface area contributed by atoms with Gasteiger partial charge in [0, 0.05) is 4.88 Å². The molecule has 0 aliphatic heterocycles. The minimum absolute atomic E-state index is 0.174. The van der Waals surface area contributed by atoms with Crippen molar-refractivity contribution in [2.24, 2.45) is 5.10 Å². The van der Waals surface area contributed by atoms with Gasteiger partial charge in [0.25, 0.3) is 11.5 Å². The van der Waals surface area contributed by atoms with E-state index in [4.69, 9.17) is 9.47 Å². The lowest BCUT2D eigenvalue weighted by Crippen LogP contribution is -2.34. The monoisotopic (exact) mass is 516 g/mol. The van der Waals surface area contributed by atoms with Gasteiger partial charge in [0.15, 0.2) is 11.5 Å². The second kappa shape index (κ2) is 11.0. The van der Waals surface area contributed by atoms with E-state index >= 15 is 0 Å². The summed E-state index contributed by atoms with van der Waals surface area (Å²) >= 11 is 1.59. The van der Waals surface area contributed by atoms with Crippen LogP contribution in [-0.4, -0.2) is 28.8 Å². The maximum atomic E-state index is 13.2. The summed E-state index contributed by atoms with van der Waals surface area (Å²) in [5.41, 5.74) is 5.24. The lowest BCUT2D eigenvalue weighted by Gasteiger charge is -2.14. The molecule has 0 saturated heterocycles. The van der Waals surface area contributed by atoms with Crippen LogP contribution in [0, 0.1) is 0 Å². The first-order chi connectivity index (χ1) is 18.0. The molecule has 1 N–H and O–H groups in total. The predicted octanol–water partition coefficient (Wildman–Crippen LogP) is 4.64. The number of hydrogen-bond donors (Lipinski definition) is 1. The van der Waals surface area contributed by atoms with E-state index in [-0.39, 0.29) is 5.56 Å². The number of aryl methyl sites for hydroxylation is 2. The number of hydrogen-bond acceptors (Lipinski definition) is 7. The number of ether oxygens (including phenoxy) is 2. The van der Waals surface area contributed by atoms with E-state index in [2.05, 4.69) is 15.5 Å². The van der Waals surface area contributed by atoms with E-state index in [1.54, 1.807) is 37.5 Å². The smallest absolute Gasteiger partial charge is 0.263 e. The standard InChI is InChI=1S/C28H28N4O4S/c1-18(32-17-29-27-25(28(32)34)21-10-6-7-11-24(21)37-27)26(33)31-30-15-20-12-13-22(23(14-20)35-2)36-16-19-8-4-3-5-9-19/h3-5,8-9,12-15,17-18H,6-7,10-11,16H2,1-2H3,(H,31,33)/b30-15-/t18-/m1/s1. The Hall–Kier alpha value is -3.98. The molecule has 0 radical (unpaired) electrons.